The van der Waals surface area contributed by atoms with Gasteiger partial charge in [-0.15, -0.1) is 0 Å². The highest BCUT2D eigenvalue weighted by molar-refractivity contribution is 5.95. The van der Waals surface area contributed by atoms with E-state index in [1.165, 1.54) is 0 Å². The highest BCUT2D eigenvalue weighted by atomic mass is 16.3. The fourth-order valence-corrected chi connectivity index (χ4v) is 2.10. The monoisotopic (exact) mass is 249 g/mol. The number of nitrogen functional groups attached to an aromatic ring is 1. The van der Waals surface area contributed by atoms with E-state index in [1.54, 1.807) is 0 Å². The molecule has 1 aromatic carbocycles. The number of rotatable bonds is 3. The maximum Gasteiger partial charge on any atom is 0.224 e. The third kappa shape index (κ3) is 2.26. The van der Waals surface area contributed by atoms with E-state index in [1.807, 2.05) is 31.0 Å². The lowest BCUT2D eigenvalue weighted by Gasteiger charge is -2.28. The molecule has 1 atom stereocenters. The number of carbonyl (C=O) groups is 1. The van der Waals surface area contributed by atoms with Gasteiger partial charge >= 0.3 is 0 Å². The SMILES string of the molecule is CC(CO)N(C)c1cc2c(cc1N)CCC(=O)N2. The van der Waals surface area contributed by atoms with Gasteiger partial charge in [0.1, 0.15) is 0 Å². The number of amides is 1. The van der Waals surface area contributed by atoms with Crippen LogP contribution in [0.5, 0.6) is 0 Å². The summed E-state index contributed by atoms with van der Waals surface area (Å²) in [6.07, 6.45) is 1.24. The van der Waals surface area contributed by atoms with Gasteiger partial charge in [-0.25, -0.2) is 0 Å². The number of aliphatic hydroxyl groups excluding tert-OH is 1. The summed E-state index contributed by atoms with van der Waals surface area (Å²) in [6, 6.07) is 3.77. The van der Waals surface area contributed by atoms with Crippen LogP contribution in [-0.2, 0) is 11.2 Å². The van der Waals surface area contributed by atoms with E-state index in [-0.39, 0.29) is 18.6 Å². The largest absolute Gasteiger partial charge is 0.397 e. The van der Waals surface area contributed by atoms with Crippen LogP contribution in [-0.4, -0.2) is 30.7 Å². The van der Waals surface area contributed by atoms with Crippen molar-refractivity contribution in [1.29, 1.82) is 0 Å². The van der Waals surface area contributed by atoms with Gasteiger partial charge in [-0.05, 0) is 31.0 Å². The lowest BCUT2D eigenvalue weighted by molar-refractivity contribution is -0.116. The van der Waals surface area contributed by atoms with Gasteiger partial charge in [0.25, 0.3) is 0 Å². The number of benzene rings is 1. The first-order chi connectivity index (χ1) is 8.52. The third-order valence-electron chi connectivity index (χ3n) is 3.45. The van der Waals surface area contributed by atoms with E-state index in [0.29, 0.717) is 12.1 Å². The van der Waals surface area contributed by atoms with E-state index in [9.17, 15) is 9.90 Å². The average molecular weight is 249 g/mol. The molecule has 1 heterocycles. The molecule has 1 amide bonds. The molecule has 1 aliphatic heterocycles. The molecule has 0 fully saturated rings. The fraction of sp³-hybridized carbons (Fsp3) is 0.462. The number of carbonyl (C=O) groups excluding carboxylic acids is 1. The Hall–Kier alpha value is -1.75. The molecule has 5 nitrogen and oxygen atoms in total. The van der Waals surface area contributed by atoms with E-state index in [0.717, 1.165) is 23.4 Å². The fourth-order valence-electron chi connectivity index (χ4n) is 2.10. The van der Waals surface area contributed by atoms with Gasteiger partial charge < -0.3 is 21.1 Å². The zero-order valence-corrected chi connectivity index (χ0v) is 10.7. The van der Waals surface area contributed by atoms with Crippen LogP contribution in [0, 0.1) is 0 Å². The zero-order chi connectivity index (χ0) is 13.3. The van der Waals surface area contributed by atoms with Crippen LogP contribution >= 0.6 is 0 Å². The molecule has 0 aromatic heterocycles. The first kappa shape index (κ1) is 12.7. The zero-order valence-electron chi connectivity index (χ0n) is 10.7. The maximum absolute atomic E-state index is 11.4. The van der Waals surface area contributed by atoms with Gasteiger partial charge in [-0.3, -0.25) is 4.79 Å². The summed E-state index contributed by atoms with van der Waals surface area (Å²) in [5.41, 5.74) is 9.44. The van der Waals surface area contributed by atoms with Crippen LogP contribution in [0.15, 0.2) is 12.1 Å². The normalized spacial score (nSPS) is 15.8. The van der Waals surface area contributed by atoms with Crippen LogP contribution in [0.2, 0.25) is 0 Å². The third-order valence-corrected chi connectivity index (χ3v) is 3.45. The number of anilines is 3. The summed E-state index contributed by atoms with van der Waals surface area (Å²) in [4.78, 5) is 13.3. The van der Waals surface area contributed by atoms with Crippen molar-refractivity contribution in [2.75, 3.05) is 29.6 Å². The van der Waals surface area contributed by atoms with E-state index in [4.69, 9.17) is 5.73 Å². The molecule has 0 aliphatic carbocycles. The molecule has 5 heteroatoms. The van der Waals surface area contributed by atoms with Gasteiger partial charge in [-0.1, -0.05) is 0 Å². The van der Waals surface area contributed by atoms with Gasteiger partial charge in [0.2, 0.25) is 5.91 Å². The summed E-state index contributed by atoms with van der Waals surface area (Å²) in [5.74, 6) is 0.0380. The number of nitrogens with two attached hydrogens (primary N) is 1. The molecule has 4 N–H and O–H groups in total. The molecule has 1 unspecified atom stereocenters. The summed E-state index contributed by atoms with van der Waals surface area (Å²) < 4.78 is 0. The molecular formula is C13H19N3O2. The smallest absolute Gasteiger partial charge is 0.224 e. The predicted molar refractivity (Wildman–Crippen MR) is 72.8 cm³/mol. The molecule has 98 valence electrons. The number of likely N-dealkylation sites (N-methyl/N-ethyl adjacent to an activating group) is 1. The van der Waals surface area contributed by atoms with Crippen molar-refractivity contribution in [3.05, 3.63) is 17.7 Å². The second-order valence-corrected chi connectivity index (χ2v) is 4.76. The number of nitrogens with zero attached hydrogens (tertiary/aromatic N) is 1. The molecule has 0 saturated heterocycles. The first-order valence-corrected chi connectivity index (χ1v) is 6.09. The van der Waals surface area contributed by atoms with Gasteiger partial charge in [0.05, 0.1) is 18.0 Å². The molecule has 18 heavy (non-hydrogen) atoms. The highest BCUT2D eigenvalue weighted by Gasteiger charge is 2.19. The van der Waals surface area contributed by atoms with Crippen molar-refractivity contribution in [1.82, 2.24) is 0 Å². The number of hydrogen-bond donors (Lipinski definition) is 3. The molecule has 0 radical (unpaired) electrons. The minimum atomic E-state index is -0.0235. The second-order valence-electron chi connectivity index (χ2n) is 4.76. The minimum absolute atomic E-state index is 0.0235. The van der Waals surface area contributed by atoms with Crippen molar-refractivity contribution < 1.29 is 9.90 Å². The first-order valence-electron chi connectivity index (χ1n) is 6.09. The predicted octanol–water partition coefficient (Wildman–Crippen LogP) is 0.971. The van der Waals surface area contributed by atoms with Crippen LogP contribution in [0.3, 0.4) is 0 Å². The molecule has 1 aromatic rings. The molecular weight excluding hydrogens is 230 g/mol. The molecule has 0 spiro atoms. The minimum Gasteiger partial charge on any atom is -0.397 e. The Kier molecular flexibility index (Phi) is 3.43. The van der Waals surface area contributed by atoms with E-state index in [2.05, 4.69) is 5.32 Å². The Morgan fingerprint density at radius 3 is 2.89 bits per heavy atom. The summed E-state index contributed by atoms with van der Waals surface area (Å²) >= 11 is 0. The van der Waals surface area contributed by atoms with Crippen molar-refractivity contribution in [3.8, 4) is 0 Å². The molecule has 0 bridgehead atoms. The lowest BCUT2D eigenvalue weighted by atomic mass is 10.0. The van der Waals surface area contributed by atoms with Crippen molar-refractivity contribution >= 4 is 23.0 Å². The van der Waals surface area contributed by atoms with Crippen molar-refractivity contribution in [3.63, 3.8) is 0 Å². The quantitative estimate of drug-likeness (QED) is 0.697. The van der Waals surface area contributed by atoms with Crippen molar-refractivity contribution in [2.45, 2.75) is 25.8 Å². The Labute approximate surface area is 107 Å². The molecule has 1 aliphatic rings. The molecule has 0 saturated carbocycles. The van der Waals surface area contributed by atoms with Gasteiger partial charge in [0.15, 0.2) is 0 Å². The average Bonchev–Trinajstić information content (AvgIpc) is 2.36. The number of fused-ring (bicyclic) bond motifs is 1. The topological polar surface area (TPSA) is 78.6 Å². The van der Waals surface area contributed by atoms with Gasteiger partial charge in [0, 0.05) is 25.2 Å². The number of aryl methyl sites for hydroxylation is 1. The lowest BCUT2D eigenvalue weighted by Crippen LogP contribution is -2.32. The summed E-state index contributed by atoms with van der Waals surface area (Å²) in [5, 5.41) is 12.0. The number of nitrogens with one attached hydrogen (secondary N) is 1. The Balaban J connectivity index is 2.37. The van der Waals surface area contributed by atoms with Gasteiger partial charge in [-0.2, -0.15) is 0 Å². The Morgan fingerprint density at radius 2 is 2.22 bits per heavy atom. The summed E-state index contributed by atoms with van der Waals surface area (Å²) in [7, 11) is 1.88. The van der Waals surface area contributed by atoms with Crippen LogP contribution in [0.4, 0.5) is 17.1 Å². The van der Waals surface area contributed by atoms with Crippen LogP contribution in [0.25, 0.3) is 0 Å². The molecule has 2 rings (SSSR count). The highest BCUT2D eigenvalue weighted by Crippen LogP contribution is 2.33. The Morgan fingerprint density at radius 1 is 1.50 bits per heavy atom. The number of hydrogen-bond acceptors (Lipinski definition) is 4. The standard InChI is InChI=1S/C13H19N3O2/c1-8(7-17)16(2)12-6-11-9(5-10(12)14)3-4-13(18)15-11/h5-6,8,17H,3-4,7,14H2,1-2H3,(H,15,18). The number of aliphatic hydroxyl groups is 1. The van der Waals surface area contributed by atoms with Crippen molar-refractivity contribution in [2.24, 2.45) is 0 Å². The van der Waals surface area contributed by atoms with Crippen LogP contribution in [0.1, 0.15) is 18.9 Å². The Bertz CT molecular complexity index is 474. The summed E-state index contributed by atoms with van der Waals surface area (Å²) in [6.45, 7) is 1.97. The van der Waals surface area contributed by atoms with E-state index < -0.39 is 0 Å². The maximum atomic E-state index is 11.4. The second kappa shape index (κ2) is 4.86. The van der Waals surface area contributed by atoms with Crippen LogP contribution < -0.4 is 16.0 Å². The van der Waals surface area contributed by atoms with E-state index >= 15 is 0 Å².